The number of aromatic nitrogens is 4. The predicted molar refractivity (Wildman–Crippen MR) is 105 cm³/mol. The van der Waals surface area contributed by atoms with Gasteiger partial charge in [0.2, 0.25) is 5.91 Å². The van der Waals surface area contributed by atoms with Gasteiger partial charge in [-0.1, -0.05) is 41.4 Å². The summed E-state index contributed by atoms with van der Waals surface area (Å²) >= 11 is 12.3. The van der Waals surface area contributed by atoms with Crippen molar-refractivity contribution < 1.29 is 9.72 Å². The molecule has 146 valence electrons. The number of carbonyl (C=O) groups is 1. The van der Waals surface area contributed by atoms with E-state index in [2.05, 4.69) is 15.5 Å². The van der Waals surface area contributed by atoms with Crippen LogP contribution in [-0.2, 0) is 11.3 Å². The molecule has 0 aliphatic carbocycles. The van der Waals surface area contributed by atoms with Crippen molar-refractivity contribution in [2.24, 2.45) is 0 Å². The standard InChI is InChI=1S/C17H16Cl2N6O3/c1-10-15(25(27)28)7-20-24(10)11(2)17(26)21-16-14(19)9-23(22-16)8-12-5-3-4-6-13(12)18/h3-7,9,11H,8H2,1-2H3,(H,21,22,26). The molecule has 0 fully saturated rings. The summed E-state index contributed by atoms with van der Waals surface area (Å²) < 4.78 is 2.84. The van der Waals surface area contributed by atoms with Gasteiger partial charge in [-0.2, -0.15) is 10.2 Å². The average Bonchev–Trinajstić information content (AvgIpc) is 3.19. The minimum Gasteiger partial charge on any atom is -0.306 e. The lowest BCUT2D eigenvalue weighted by molar-refractivity contribution is -0.385. The van der Waals surface area contributed by atoms with Gasteiger partial charge in [0, 0.05) is 11.2 Å². The molecule has 1 unspecified atom stereocenters. The molecule has 0 saturated heterocycles. The van der Waals surface area contributed by atoms with Crippen LogP contribution in [-0.4, -0.2) is 30.4 Å². The maximum atomic E-state index is 12.5. The summed E-state index contributed by atoms with van der Waals surface area (Å²) in [6, 6.07) is 6.54. The summed E-state index contributed by atoms with van der Waals surface area (Å²) in [7, 11) is 0. The third-order valence-electron chi connectivity index (χ3n) is 4.21. The Bertz CT molecular complexity index is 1050. The predicted octanol–water partition coefficient (Wildman–Crippen LogP) is 3.85. The molecule has 2 aromatic heterocycles. The minimum atomic E-state index is -0.793. The van der Waals surface area contributed by atoms with Crippen molar-refractivity contribution in [1.29, 1.82) is 0 Å². The number of hydrogen-bond donors (Lipinski definition) is 1. The highest BCUT2D eigenvalue weighted by atomic mass is 35.5. The van der Waals surface area contributed by atoms with Crippen LogP contribution >= 0.6 is 23.2 Å². The van der Waals surface area contributed by atoms with Crippen molar-refractivity contribution in [2.45, 2.75) is 26.4 Å². The summed E-state index contributed by atoms with van der Waals surface area (Å²) in [4.78, 5) is 23.0. The Labute approximate surface area is 170 Å². The van der Waals surface area contributed by atoms with E-state index >= 15 is 0 Å². The van der Waals surface area contributed by atoms with E-state index in [-0.39, 0.29) is 22.2 Å². The zero-order chi connectivity index (χ0) is 20.4. The van der Waals surface area contributed by atoms with Gasteiger partial charge in [-0.25, -0.2) is 0 Å². The van der Waals surface area contributed by atoms with E-state index in [0.29, 0.717) is 11.6 Å². The molecule has 3 rings (SSSR count). The lowest BCUT2D eigenvalue weighted by atomic mass is 10.2. The fraction of sp³-hybridized carbons (Fsp3) is 0.235. The molecular formula is C17H16Cl2N6O3. The Morgan fingerprint density at radius 3 is 2.68 bits per heavy atom. The van der Waals surface area contributed by atoms with Gasteiger partial charge in [0.05, 0.1) is 11.5 Å². The molecule has 9 nitrogen and oxygen atoms in total. The second kappa shape index (κ2) is 7.99. The second-order valence-corrected chi connectivity index (χ2v) is 6.91. The molecule has 0 radical (unpaired) electrons. The summed E-state index contributed by atoms with van der Waals surface area (Å²) in [6.07, 6.45) is 2.69. The largest absolute Gasteiger partial charge is 0.309 e. The van der Waals surface area contributed by atoms with Crippen molar-refractivity contribution >= 4 is 40.6 Å². The first-order valence-electron chi connectivity index (χ1n) is 8.23. The van der Waals surface area contributed by atoms with E-state index in [4.69, 9.17) is 23.2 Å². The molecule has 2 heterocycles. The van der Waals surface area contributed by atoms with Crippen molar-refractivity contribution in [3.63, 3.8) is 0 Å². The number of amides is 1. The first-order valence-corrected chi connectivity index (χ1v) is 8.99. The van der Waals surface area contributed by atoms with Gasteiger partial charge in [-0.05, 0) is 25.5 Å². The molecular weight excluding hydrogens is 407 g/mol. The van der Waals surface area contributed by atoms with E-state index in [1.54, 1.807) is 23.9 Å². The number of anilines is 1. The van der Waals surface area contributed by atoms with Gasteiger partial charge in [-0.3, -0.25) is 24.3 Å². The topological polar surface area (TPSA) is 108 Å². The van der Waals surface area contributed by atoms with Crippen LogP contribution in [0.1, 0.15) is 24.2 Å². The van der Waals surface area contributed by atoms with Gasteiger partial charge in [0.1, 0.15) is 23.0 Å². The van der Waals surface area contributed by atoms with Crippen LogP contribution in [0.3, 0.4) is 0 Å². The number of nitro groups is 1. The van der Waals surface area contributed by atoms with E-state index in [1.165, 1.54) is 11.6 Å². The normalized spacial score (nSPS) is 12.0. The highest BCUT2D eigenvalue weighted by Crippen LogP contribution is 2.24. The van der Waals surface area contributed by atoms with Crippen molar-refractivity contribution in [3.05, 3.63) is 68.1 Å². The van der Waals surface area contributed by atoms with E-state index in [0.717, 1.165) is 11.8 Å². The molecule has 3 aromatic rings. The van der Waals surface area contributed by atoms with Crippen molar-refractivity contribution in [3.8, 4) is 0 Å². The smallest absolute Gasteiger partial charge is 0.306 e. The van der Waals surface area contributed by atoms with Crippen LogP contribution in [0, 0.1) is 17.0 Å². The highest BCUT2D eigenvalue weighted by molar-refractivity contribution is 6.33. The summed E-state index contributed by atoms with van der Waals surface area (Å²) in [5.41, 5.74) is 0.985. The zero-order valence-corrected chi connectivity index (χ0v) is 16.5. The van der Waals surface area contributed by atoms with Gasteiger partial charge < -0.3 is 5.32 Å². The number of hydrogen-bond acceptors (Lipinski definition) is 5. The molecule has 0 aliphatic rings. The number of carbonyl (C=O) groups excluding carboxylic acids is 1. The third kappa shape index (κ3) is 4.00. The molecule has 0 bridgehead atoms. The minimum absolute atomic E-state index is 0.151. The monoisotopic (exact) mass is 422 g/mol. The van der Waals surface area contributed by atoms with Crippen molar-refractivity contribution in [1.82, 2.24) is 19.6 Å². The van der Waals surface area contributed by atoms with Crippen molar-refractivity contribution in [2.75, 3.05) is 5.32 Å². The van der Waals surface area contributed by atoms with Crippen LogP contribution in [0.25, 0.3) is 0 Å². The summed E-state index contributed by atoms with van der Waals surface area (Å²) in [5, 5.41) is 22.6. The van der Waals surface area contributed by atoms with Crippen LogP contribution in [0.15, 0.2) is 36.7 Å². The maximum absolute atomic E-state index is 12.5. The first kappa shape index (κ1) is 19.8. The highest BCUT2D eigenvalue weighted by Gasteiger charge is 2.24. The number of nitrogens with zero attached hydrogens (tertiary/aromatic N) is 5. The fourth-order valence-corrected chi connectivity index (χ4v) is 3.07. The number of nitrogens with one attached hydrogen (secondary N) is 1. The zero-order valence-electron chi connectivity index (χ0n) is 15.0. The first-order chi connectivity index (χ1) is 13.3. The van der Waals surface area contributed by atoms with Gasteiger partial charge in [0.15, 0.2) is 5.82 Å². The number of halogens is 2. The molecule has 1 N–H and O–H groups in total. The van der Waals surface area contributed by atoms with Crippen LogP contribution in [0.5, 0.6) is 0 Å². The summed E-state index contributed by atoms with van der Waals surface area (Å²) in [5.74, 6) is -0.268. The SMILES string of the molecule is Cc1c([N+](=O)[O-])cnn1C(C)C(=O)Nc1nn(Cc2ccccc2Cl)cc1Cl. The summed E-state index contributed by atoms with van der Waals surface area (Å²) in [6.45, 7) is 3.49. The Kier molecular flexibility index (Phi) is 5.66. The van der Waals surface area contributed by atoms with Gasteiger partial charge in [-0.15, -0.1) is 0 Å². The molecule has 0 aliphatic heterocycles. The molecule has 1 atom stereocenters. The third-order valence-corrected chi connectivity index (χ3v) is 4.86. The van der Waals surface area contributed by atoms with Gasteiger partial charge >= 0.3 is 5.69 Å². The van der Waals surface area contributed by atoms with Crippen LogP contribution in [0.2, 0.25) is 10.0 Å². The maximum Gasteiger partial charge on any atom is 0.309 e. The molecule has 0 saturated carbocycles. The van der Waals surface area contributed by atoms with Crippen LogP contribution in [0.4, 0.5) is 11.5 Å². The number of rotatable bonds is 6. The fourth-order valence-electron chi connectivity index (χ4n) is 2.68. The lowest BCUT2D eigenvalue weighted by Gasteiger charge is -2.13. The number of benzene rings is 1. The molecule has 1 aromatic carbocycles. The molecule has 0 spiro atoms. The van der Waals surface area contributed by atoms with Crippen LogP contribution < -0.4 is 5.32 Å². The Morgan fingerprint density at radius 2 is 2.04 bits per heavy atom. The molecule has 28 heavy (non-hydrogen) atoms. The molecule has 1 amide bonds. The quantitative estimate of drug-likeness (QED) is 0.479. The van der Waals surface area contributed by atoms with E-state index < -0.39 is 16.9 Å². The van der Waals surface area contributed by atoms with E-state index in [1.807, 2.05) is 18.2 Å². The Balaban J connectivity index is 1.75. The molecule has 11 heteroatoms. The van der Waals surface area contributed by atoms with Gasteiger partial charge in [0.25, 0.3) is 0 Å². The Hall–Kier alpha value is -2.91. The Morgan fingerprint density at radius 1 is 1.32 bits per heavy atom. The average molecular weight is 423 g/mol. The second-order valence-electron chi connectivity index (χ2n) is 6.10. The lowest BCUT2D eigenvalue weighted by Crippen LogP contribution is -2.25. The van der Waals surface area contributed by atoms with E-state index in [9.17, 15) is 14.9 Å².